The van der Waals surface area contributed by atoms with E-state index in [0.717, 1.165) is 6.92 Å². The molecule has 1 aromatic rings. The summed E-state index contributed by atoms with van der Waals surface area (Å²) in [5.74, 6) is -2.23. The molecule has 90 valence electrons. The van der Waals surface area contributed by atoms with E-state index in [1.807, 2.05) is 0 Å². The molecule has 2 amide bonds. The molecule has 0 aliphatic rings. The number of aliphatic carboxylic acids is 1. The van der Waals surface area contributed by atoms with Crippen LogP contribution in [0.2, 0.25) is 0 Å². The average molecular weight is 237 g/mol. The molecule has 0 aliphatic carbocycles. The lowest BCUT2D eigenvalue weighted by molar-refractivity contribution is -0.141. The van der Waals surface area contributed by atoms with Crippen LogP contribution in [-0.4, -0.2) is 39.1 Å². The highest BCUT2D eigenvalue weighted by Crippen LogP contribution is 2.09. The third kappa shape index (κ3) is 2.81. The molecule has 17 heavy (non-hydrogen) atoms. The molecule has 0 radical (unpaired) electrons. The van der Waals surface area contributed by atoms with Gasteiger partial charge in [0, 0.05) is 5.56 Å². The Hall–Kier alpha value is -2.37. The summed E-state index contributed by atoms with van der Waals surface area (Å²) in [7, 11) is 0. The van der Waals surface area contributed by atoms with Gasteiger partial charge in [0.05, 0.1) is 0 Å². The number of carboxylic acids is 1. The summed E-state index contributed by atoms with van der Waals surface area (Å²) in [5, 5.41) is 17.6. The van der Waals surface area contributed by atoms with Gasteiger partial charge in [-0.1, -0.05) is 18.2 Å². The molecule has 1 rings (SSSR count). The summed E-state index contributed by atoms with van der Waals surface area (Å²) in [5.41, 5.74) is 0.128. The highest BCUT2D eigenvalue weighted by Gasteiger charge is 2.31. The van der Waals surface area contributed by atoms with Crippen LogP contribution in [-0.2, 0) is 4.79 Å². The van der Waals surface area contributed by atoms with Crippen molar-refractivity contribution < 1.29 is 24.6 Å². The summed E-state index contributed by atoms with van der Waals surface area (Å²) in [6.07, 6.45) is -1.59. The average Bonchev–Trinajstić information content (AvgIpc) is 2.29. The molecular weight excluding hydrogens is 226 g/mol. The van der Waals surface area contributed by atoms with Crippen LogP contribution in [0.4, 0.5) is 4.79 Å². The largest absolute Gasteiger partial charge is 0.480 e. The van der Waals surface area contributed by atoms with Gasteiger partial charge in [0.1, 0.15) is 6.04 Å². The van der Waals surface area contributed by atoms with Crippen molar-refractivity contribution in [1.82, 2.24) is 4.90 Å². The topological polar surface area (TPSA) is 94.9 Å². The van der Waals surface area contributed by atoms with E-state index >= 15 is 0 Å². The SMILES string of the molecule is CC(C(=O)O)N(C(=O)O)C(=O)c1ccccc1. The number of carboxylic acid groups (broad SMARTS) is 2. The van der Waals surface area contributed by atoms with Crippen molar-refractivity contribution in [2.75, 3.05) is 0 Å². The summed E-state index contributed by atoms with van der Waals surface area (Å²) < 4.78 is 0. The highest BCUT2D eigenvalue weighted by molar-refractivity contribution is 6.04. The quantitative estimate of drug-likeness (QED) is 0.825. The van der Waals surface area contributed by atoms with E-state index in [1.54, 1.807) is 18.2 Å². The van der Waals surface area contributed by atoms with Gasteiger partial charge in [0.15, 0.2) is 0 Å². The molecular formula is C11H11NO5. The molecule has 0 saturated heterocycles. The third-order valence-electron chi connectivity index (χ3n) is 2.19. The van der Waals surface area contributed by atoms with E-state index in [0.29, 0.717) is 0 Å². The van der Waals surface area contributed by atoms with E-state index < -0.39 is 24.0 Å². The molecule has 0 saturated carbocycles. The monoisotopic (exact) mass is 237 g/mol. The van der Waals surface area contributed by atoms with Gasteiger partial charge in [-0.3, -0.25) is 4.79 Å². The number of rotatable bonds is 3. The lowest BCUT2D eigenvalue weighted by Gasteiger charge is -2.21. The van der Waals surface area contributed by atoms with Gasteiger partial charge < -0.3 is 10.2 Å². The van der Waals surface area contributed by atoms with Gasteiger partial charge in [-0.25, -0.2) is 14.5 Å². The maximum atomic E-state index is 11.8. The number of nitrogens with zero attached hydrogens (tertiary/aromatic N) is 1. The predicted octanol–water partition coefficient (Wildman–Crippen LogP) is 1.28. The van der Waals surface area contributed by atoms with Gasteiger partial charge in [0.2, 0.25) is 0 Å². The second kappa shape index (κ2) is 5.11. The fourth-order valence-corrected chi connectivity index (χ4v) is 1.26. The molecule has 1 atom stereocenters. The van der Waals surface area contributed by atoms with E-state index in [1.165, 1.54) is 12.1 Å². The van der Waals surface area contributed by atoms with Crippen molar-refractivity contribution in [3.63, 3.8) is 0 Å². The standard InChI is InChI=1S/C11H11NO5/c1-7(10(14)15)12(11(16)17)9(13)8-5-3-2-4-6-8/h2-7H,1H3,(H,14,15)(H,16,17). The Bertz CT molecular complexity index is 442. The number of amides is 2. The lowest BCUT2D eigenvalue weighted by Crippen LogP contribution is -2.46. The Labute approximate surface area is 97.1 Å². The molecule has 6 nitrogen and oxygen atoms in total. The number of benzene rings is 1. The molecule has 6 heteroatoms. The Morgan fingerprint density at radius 1 is 1.12 bits per heavy atom. The highest BCUT2D eigenvalue weighted by atomic mass is 16.4. The Morgan fingerprint density at radius 2 is 1.65 bits per heavy atom. The van der Waals surface area contributed by atoms with Crippen LogP contribution in [0, 0.1) is 0 Å². The second-order valence-corrected chi connectivity index (χ2v) is 3.34. The van der Waals surface area contributed by atoms with Gasteiger partial charge in [-0.2, -0.15) is 0 Å². The van der Waals surface area contributed by atoms with E-state index in [9.17, 15) is 14.4 Å². The first-order chi connectivity index (χ1) is 7.95. The molecule has 0 spiro atoms. The van der Waals surface area contributed by atoms with Crippen LogP contribution in [0.1, 0.15) is 17.3 Å². The van der Waals surface area contributed by atoms with Crippen LogP contribution in [0.25, 0.3) is 0 Å². The number of carbonyl (C=O) groups excluding carboxylic acids is 1. The minimum atomic E-state index is -1.59. The summed E-state index contributed by atoms with van der Waals surface area (Å²) in [6.45, 7) is 1.14. The van der Waals surface area contributed by atoms with E-state index in [-0.39, 0.29) is 10.5 Å². The minimum Gasteiger partial charge on any atom is -0.480 e. The fourth-order valence-electron chi connectivity index (χ4n) is 1.26. The summed E-state index contributed by atoms with van der Waals surface area (Å²) in [4.78, 5) is 33.7. The Kier molecular flexibility index (Phi) is 3.82. The Balaban J connectivity index is 3.05. The van der Waals surface area contributed by atoms with E-state index in [4.69, 9.17) is 10.2 Å². The van der Waals surface area contributed by atoms with Crippen molar-refractivity contribution in [1.29, 1.82) is 0 Å². The van der Waals surface area contributed by atoms with Crippen LogP contribution in [0.3, 0.4) is 0 Å². The third-order valence-corrected chi connectivity index (χ3v) is 2.19. The van der Waals surface area contributed by atoms with Gasteiger partial charge in [0.25, 0.3) is 5.91 Å². The number of carbonyl (C=O) groups is 3. The van der Waals surface area contributed by atoms with Gasteiger partial charge in [-0.15, -0.1) is 0 Å². The van der Waals surface area contributed by atoms with Crippen LogP contribution >= 0.6 is 0 Å². The molecule has 1 aromatic carbocycles. The first-order valence-electron chi connectivity index (χ1n) is 4.79. The molecule has 1 unspecified atom stereocenters. The summed E-state index contributed by atoms with van der Waals surface area (Å²) >= 11 is 0. The molecule has 0 heterocycles. The van der Waals surface area contributed by atoms with Crippen molar-refractivity contribution in [3.8, 4) is 0 Å². The second-order valence-electron chi connectivity index (χ2n) is 3.34. The van der Waals surface area contributed by atoms with Crippen molar-refractivity contribution in [2.45, 2.75) is 13.0 Å². The molecule has 0 aliphatic heterocycles. The van der Waals surface area contributed by atoms with Gasteiger partial charge in [-0.05, 0) is 19.1 Å². The minimum absolute atomic E-state index is 0.128. The molecule has 0 aromatic heterocycles. The van der Waals surface area contributed by atoms with Crippen molar-refractivity contribution >= 4 is 18.0 Å². The zero-order chi connectivity index (χ0) is 13.0. The molecule has 2 N–H and O–H groups in total. The zero-order valence-corrected chi connectivity index (χ0v) is 9.03. The van der Waals surface area contributed by atoms with Crippen molar-refractivity contribution in [3.05, 3.63) is 35.9 Å². The number of hydrogen-bond acceptors (Lipinski definition) is 3. The maximum Gasteiger partial charge on any atom is 0.415 e. The summed E-state index contributed by atoms with van der Waals surface area (Å²) in [6, 6.07) is 6.22. The smallest absolute Gasteiger partial charge is 0.415 e. The first kappa shape index (κ1) is 12.7. The fraction of sp³-hybridized carbons (Fsp3) is 0.182. The zero-order valence-electron chi connectivity index (χ0n) is 9.03. The predicted molar refractivity (Wildman–Crippen MR) is 57.7 cm³/mol. The van der Waals surface area contributed by atoms with Crippen molar-refractivity contribution in [2.24, 2.45) is 0 Å². The lowest BCUT2D eigenvalue weighted by atomic mass is 10.2. The number of hydrogen-bond donors (Lipinski definition) is 2. The number of imide groups is 1. The van der Waals surface area contributed by atoms with Crippen LogP contribution in [0.15, 0.2) is 30.3 Å². The first-order valence-corrected chi connectivity index (χ1v) is 4.79. The van der Waals surface area contributed by atoms with Crippen LogP contribution in [0.5, 0.6) is 0 Å². The van der Waals surface area contributed by atoms with Gasteiger partial charge >= 0.3 is 12.1 Å². The molecule has 0 fully saturated rings. The van der Waals surface area contributed by atoms with E-state index in [2.05, 4.69) is 0 Å². The maximum absolute atomic E-state index is 11.8. The normalized spacial score (nSPS) is 11.6. The Morgan fingerprint density at radius 3 is 2.06 bits per heavy atom. The molecule has 0 bridgehead atoms. The van der Waals surface area contributed by atoms with Crippen LogP contribution < -0.4 is 0 Å².